The van der Waals surface area contributed by atoms with Gasteiger partial charge in [-0.1, -0.05) is 17.3 Å². The van der Waals surface area contributed by atoms with Gasteiger partial charge in [0.25, 0.3) is 11.8 Å². The van der Waals surface area contributed by atoms with Gasteiger partial charge in [0.15, 0.2) is 5.65 Å². The number of hydrogen-bond donors (Lipinski definition) is 2. The number of aryl methyl sites for hydroxylation is 1. The molecule has 0 spiro atoms. The quantitative estimate of drug-likeness (QED) is 0.734. The van der Waals surface area contributed by atoms with Crippen molar-refractivity contribution >= 4 is 23.0 Å². The second-order valence-corrected chi connectivity index (χ2v) is 5.21. The van der Waals surface area contributed by atoms with Crippen molar-refractivity contribution in [3.8, 4) is 0 Å². The van der Waals surface area contributed by atoms with Gasteiger partial charge >= 0.3 is 0 Å². The molecular weight excluding hydrogens is 308 g/mol. The number of nitrogens with zero attached hydrogens (tertiary/aromatic N) is 4. The summed E-state index contributed by atoms with van der Waals surface area (Å²) in [6.45, 7) is 0.299. The Balaban J connectivity index is 1.77. The molecule has 0 aliphatic heterocycles. The average molecular weight is 324 g/mol. The maximum Gasteiger partial charge on any atom is 0.254 e. The SMILES string of the molecule is CNC(=O)c1cccc(CNC(=O)c2ccnc3c2nnn3C)c1. The number of rotatable bonds is 4. The lowest BCUT2D eigenvalue weighted by Gasteiger charge is -2.07. The fourth-order valence-corrected chi connectivity index (χ4v) is 2.36. The lowest BCUT2D eigenvalue weighted by Crippen LogP contribution is -2.24. The van der Waals surface area contributed by atoms with Gasteiger partial charge in [-0.25, -0.2) is 9.67 Å². The number of aromatic nitrogens is 4. The van der Waals surface area contributed by atoms with Gasteiger partial charge in [-0.15, -0.1) is 5.10 Å². The first-order valence-corrected chi connectivity index (χ1v) is 7.33. The Bertz CT molecular complexity index is 918. The summed E-state index contributed by atoms with van der Waals surface area (Å²) in [5, 5.41) is 13.3. The molecular formula is C16H16N6O2. The molecule has 122 valence electrons. The molecule has 0 unspecified atom stereocenters. The second kappa shape index (κ2) is 6.45. The molecule has 0 fully saturated rings. The Hall–Kier alpha value is -3.29. The molecule has 1 aromatic carbocycles. The summed E-state index contributed by atoms with van der Waals surface area (Å²) < 4.78 is 1.51. The van der Waals surface area contributed by atoms with Gasteiger partial charge in [0.05, 0.1) is 5.56 Å². The van der Waals surface area contributed by atoms with Crippen LogP contribution in [-0.4, -0.2) is 38.8 Å². The molecule has 8 heteroatoms. The van der Waals surface area contributed by atoms with Crippen molar-refractivity contribution in [2.24, 2.45) is 7.05 Å². The zero-order valence-electron chi connectivity index (χ0n) is 13.3. The van der Waals surface area contributed by atoms with Crippen LogP contribution in [0.1, 0.15) is 26.3 Å². The Kier molecular flexibility index (Phi) is 4.19. The number of amides is 2. The van der Waals surface area contributed by atoms with Crippen LogP contribution >= 0.6 is 0 Å². The smallest absolute Gasteiger partial charge is 0.254 e. The van der Waals surface area contributed by atoms with E-state index in [2.05, 4.69) is 25.9 Å². The summed E-state index contributed by atoms with van der Waals surface area (Å²) in [5.41, 5.74) is 2.79. The van der Waals surface area contributed by atoms with E-state index in [1.807, 2.05) is 6.07 Å². The third-order valence-corrected chi connectivity index (χ3v) is 3.60. The molecule has 0 atom stereocenters. The second-order valence-electron chi connectivity index (χ2n) is 5.21. The van der Waals surface area contributed by atoms with E-state index in [-0.39, 0.29) is 11.8 Å². The molecule has 2 heterocycles. The van der Waals surface area contributed by atoms with Crippen molar-refractivity contribution in [3.05, 3.63) is 53.2 Å². The van der Waals surface area contributed by atoms with Crippen molar-refractivity contribution in [3.63, 3.8) is 0 Å². The minimum absolute atomic E-state index is 0.168. The molecule has 24 heavy (non-hydrogen) atoms. The first-order chi connectivity index (χ1) is 11.6. The van der Waals surface area contributed by atoms with Gasteiger partial charge in [0.1, 0.15) is 5.52 Å². The summed E-state index contributed by atoms with van der Waals surface area (Å²) in [4.78, 5) is 28.2. The number of carbonyl (C=O) groups excluding carboxylic acids is 2. The fraction of sp³-hybridized carbons (Fsp3) is 0.188. The van der Waals surface area contributed by atoms with E-state index in [4.69, 9.17) is 0 Å². The maximum atomic E-state index is 12.4. The number of nitrogens with one attached hydrogen (secondary N) is 2. The van der Waals surface area contributed by atoms with Crippen LogP contribution in [0, 0.1) is 0 Å². The van der Waals surface area contributed by atoms with E-state index in [9.17, 15) is 9.59 Å². The first-order valence-electron chi connectivity index (χ1n) is 7.33. The van der Waals surface area contributed by atoms with Gasteiger partial charge in [-0.05, 0) is 23.8 Å². The molecule has 0 bridgehead atoms. The summed E-state index contributed by atoms with van der Waals surface area (Å²) in [6.07, 6.45) is 1.55. The minimum atomic E-state index is -0.270. The van der Waals surface area contributed by atoms with Crippen LogP contribution in [0.2, 0.25) is 0 Å². The largest absolute Gasteiger partial charge is 0.355 e. The number of hydrogen-bond acceptors (Lipinski definition) is 5. The van der Waals surface area contributed by atoms with Crippen LogP contribution in [-0.2, 0) is 13.6 Å². The lowest BCUT2D eigenvalue weighted by molar-refractivity contribution is 0.0949. The van der Waals surface area contributed by atoms with Crippen LogP contribution < -0.4 is 10.6 Å². The van der Waals surface area contributed by atoms with Gasteiger partial charge in [-0.2, -0.15) is 0 Å². The molecule has 2 amide bonds. The number of fused-ring (bicyclic) bond motifs is 1. The number of carbonyl (C=O) groups is 2. The van der Waals surface area contributed by atoms with E-state index in [1.165, 1.54) is 4.68 Å². The summed E-state index contributed by atoms with van der Waals surface area (Å²) in [6, 6.07) is 8.68. The molecule has 0 saturated heterocycles. The van der Waals surface area contributed by atoms with Crippen LogP contribution in [0.25, 0.3) is 11.2 Å². The van der Waals surface area contributed by atoms with Gasteiger partial charge in [-0.3, -0.25) is 9.59 Å². The third-order valence-electron chi connectivity index (χ3n) is 3.60. The van der Waals surface area contributed by atoms with E-state index in [1.54, 1.807) is 44.6 Å². The zero-order valence-corrected chi connectivity index (χ0v) is 13.3. The molecule has 8 nitrogen and oxygen atoms in total. The first kappa shape index (κ1) is 15.6. The molecule has 0 radical (unpaired) electrons. The maximum absolute atomic E-state index is 12.4. The van der Waals surface area contributed by atoms with Gasteiger partial charge < -0.3 is 10.6 Å². The number of benzene rings is 1. The van der Waals surface area contributed by atoms with E-state index >= 15 is 0 Å². The van der Waals surface area contributed by atoms with Gasteiger partial charge in [0, 0.05) is 32.4 Å². The van der Waals surface area contributed by atoms with Crippen LogP contribution in [0.15, 0.2) is 36.5 Å². The Morgan fingerprint density at radius 1 is 1.21 bits per heavy atom. The van der Waals surface area contributed by atoms with Crippen LogP contribution in [0.5, 0.6) is 0 Å². The van der Waals surface area contributed by atoms with E-state index in [0.29, 0.717) is 28.8 Å². The van der Waals surface area contributed by atoms with Crippen LogP contribution in [0.4, 0.5) is 0 Å². The van der Waals surface area contributed by atoms with E-state index < -0.39 is 0 Å². The topological polar surface area (TPSA) is 102 Å². The highest BCUT2D eigenvalue weighted by atomic mass is 16.2. The van der Waals surface area contributed by atoms with Crippen molar-refractivity contribution in [1.29, 1.82) is 0 Å². The predicted molar refractivity (Wildman–Crippen MR) is 87.3 cm³/mol. The average Bonchev–Trinajstić information content (AvgIpc) is 3.00. The fourth-order valence-electron chi connectivity index (χ4n) is 2.36. The summed E-state index contributed by atoms with van der Waals surface area (Å²) in [5.74, 6) is -0.438. The zero-order chi connectivity index (χ0) is 17.1. The Morgan fingerprint density at radius 3 is 2.83 bits per heavy atom. The minimum Gasteiger partial charge on any atom is -0.355 e. The van der Waals surface area contributed by atoms with Gasteiger partial charge in [0.2, 0.25) is 0 Å². The van der Waals surface area contributed by atoms with Crippen molar-refractivity contribution in [2.45, 2.75) is 6.54 Å². The molecule has 2 N–H and O–H groups in total. The third kappa shape index (κ3) is 2.94. The lowest BCUT2D eigenvalue weighted by atomic mass is 10.1. The number of pyridine rings is 1. The standard InChI is InChI=1S/C16H16N6O2/c1-17-15(23)11-5-3-4-10(8-11)9-19-16(24)12-6-7-18-14-13(12)20-21-22(14)2/h3-8H,9H2,1-2H3,(H,17,23)(H,19,24). The van der Waals surface area contributed by atoms with Crippen LogP contribution in [0.3, 0.4) is 0 Å². The molecule has 2 aromatic heterocycles. The molecule has 0 saturated carbocycles. The summed E-state index contributed by atoms with van der Waals surface area (Å²) in [7, 11) is 3.29. The molecule has 0 aliphatic carbocycles. The van der Waals surface area contributed by atoms with Crippen molar-refractivity contribution in [2.75, 3.05) is 7.05 Å². The van der Waals surface area contributed by atoms with Crippen molar-refractivity contribution < 1.29 is 9.59 Å². The Morgan fingerprint density at radius 2 is 2.04 bits per heavy atom. The highest BCUT2D eigenvalue weighted by Crippen LogP contribution is 2.13. The molecule has 3 aromatic rings. The molecule has 0 aliphatic rings. The van der Waals surface area contributed by atoms with Crippen molar-refractivity contribution in [1.82, 2.24) is 30.6 Å². The van der Waals surface area contributed by atoms with E-state index in [0.717, 1.165) is 5.56 Å². The normalized spacial score (nSPS) is 10.6. The Labute approximate surface area is 137 Å². The summed E-state index contributed by atoms with van der Waals surface area (Å²) >= 11 is 0. The predicted octanol–water partition coefficient (Wildman–Crippen LogP) is 0.653. The monoisotopic (exact) mass is 324 g/mol. The highest BCUT2D eigenvalue weighted by Gasteiger charge is 2.14. The highest BCUT2D eigenvalue weighted by molar-refractivity contribution is 6.03. The molecule has 3 rings (SSSR count).